The maximum absolute atomic E-state index is 2.17. The normalized spacial score (nSPS) is 9.27. The first-order valence-corrected chi connectivity index (χ1v) is 4.04. The Hall–Kier alpha value is -0.0400. The van der Waals surface area contributed by atoms with E-state index in [1.165, 1.54) is 0 Å². The zero-order valence-corrected chi connectivity index (χ0v) is 8.60. The first-order valence-electron chi connectivity index (χ1n) is 4.04. The van der Waals surface area contributed by atoms with Crippen molar-refractivity contribution in [2.45, 2.75) is 48.1 Å². The van der Waals surface area contributed by atoms with Gasteiger partial charge in [0.15, 0.2) is 0 Å². The third kappa shape index (κ3) is 40.2. The number of nitrogens with zero attached hydrogens (tertiary/aromatic N) is 1. The molecule has 0 aromatic heterocycles. The maximum atomic E-state index is 2.17. The first kappa shape index (κ1) is 17.2. The number of rotatable bonds is 1. The van der Waals surface area contributed by atoms with Crippen LogP contribution in [0.4, 0.5) is 0 Å². The molecule has 0 N–H and O–H groups in total. The van der Waals surface area contributed by atoms with Crippen LogP contribution in [0.1, 0.15) is 42.0 Å². The molecule has 0 saturated heterocycles. The van der Waals surface area contributed by atoms with E-state index in [0.717, 1.165) is 5.92 Å². The van der Waals surface area contributed by atoms with E-state index >= 15 is 0 Å². The molecule has 0 bridgehead atoms. The Morgan fingerprint density at radius 2 is 0.909 bits per heavy atom. The minimum absolute atomic E-state index is 0. The average Bonchev–Trinajstić information content (AvgIpc) is 1.63. The number of hydrogen-bond donors (Lipinski definition) is 0. The molecule has 1 nitrogen and oxygen atoms in total. The second-order valence-electron chi connectivity index (χ2n) is 3.79. The average molecular weight is 161 g/mol. The molecule has 0 saturated carbocycles. The molecule has 11 heavy (non-hydrogen) atoms. The molecule has 0 rings (SSSR count). The van der Waals surface area contributed by atoms with Gasteiger partial charge in [-0.15, -0.1) is 0 Å². The van der Waals surface area contributed by atoms with Gasteiger partial charge in [-0.3, -0.25) is 0 Å². The molecule has 0 radical (unpaired) electrons. The van der Waals surface area contributed by atoms with Crippen LogP contribution < -0.4 is 0 Å². The maximum Gasteiger partial charge on any atom is 0.00324 e. The van der Waals surface area contributed by atoms with Gasteiger partial charge in [0, 0.05) is 6.04 Å². The van der Waals surface area contributed by atoms with Gasteiger partial charge in [0.1, 0.15) is 0 Å². The van der Waals surface area contributed by atoms with Gasteiger partial charge in [0.05, 0.1) is 0 Å². The van der Waals surface area contributed by atoms with Crippen molar-refractivity contribution in [2.75, 3.05) is 14.1 Å². The van der Waals surface area contributed by atoms with E-state index in [1.807, 2.05) is 0 Å². The Bertz CT molecular complexity index is 47.1. The van der Waals surface area contributed by atoms with E-state index < -0.39 is 0 Å². The van der Waals surface area contributed by atoms with Crippen LogP contribution in [0.2, 0.25) is 0 Å². The second-order valence-corrected chi connectivity index (χ2v) is 3.79. The fourth-order valence-electron chi connectivity index (χ4n) is 0. The molecule has 0 heterocycles. The molecule has 0 aliphatic carbocycles. The van der Waals surface area contributed by atoms with Gasteiger partial charge in [0.2, 0.25) is 0 Å². The highest BCUT2D eigenvalue weighted by atomic mass is 15.1. The van der Waals surface area contributed by atoms with Crippen LogP contribution in [0.25, 0.3) is 0 Å². The molecule has 0 unspecified atom stereocenters. The smallest absolute Gasteiger partial charge is 0.00324 e. The molecule has 0 aliphatic heterocycles. The van der Waals surface area contributed by atoms with Gasteiger partial charge in [-0.05, 0) is 33.9 Å². The summed E-state index contributed by atoms with van der Waals surface area (Å²) in [6.07, 6.45) is 0. The van der Waals surface area contributed by atoms with Crippen LogP contribution in [0.15, 0.2) is 0 Å². The quantitative estimate of drug-likeness (QED) is 0.570. The van der Waals surface area contributed by atoms with Crippen molar-refractivity contribution < 1.29 is 0 Å². The fraction of sp³-hybridized carbons (Fsp3) is 1.00. The van der Waals surface area contributed by atoms with Gasteiger partial charge in [-0.1, -0.05) is 28.2 Å². The highest BCUT2D eigenvalue weighted by Gasteiger charge is 1.90. The van der Waals surface area contributed by atoms with Crippen LogP contribution >= 0.6 is 0 Å². The predicted molar refractivity (Wildman–Crippen MR) is 56.1 cm³/mol. The molecule has 0 aromatic rings. The summed E-state index contributed by atoms with van der Waals surface area (Å²) in [5.41, 5.74) is 0. The van der Waals surface area contributed by atoms with Crippen molar-refractivity contribution in [3.8, 4) is 0 Å². The second kappa shape index (κ2) is 9.96. The monoisotopic (exact) mass is 161 g/mol. The molecular formula is C10H27N. The van der Waals surface area contributed by atoms with Crippen molar-refractivity contribution in [1.29, 1.82) is 0 Å². The van der Waals surface area contributed by atoms with Gasteiger partial charge < -0.3 is 4.90 Å². The summed E-state index contributed by atoms with van der Waals surface area (Å²) in [6.45, 7) is 10.8. The molecule has 0 spiro atoms. The molecule has 1 heteroatoms. The van der Waals surface area contributed by atoms with Crippen LogP contribution in [0, 0.1) is 5.92 Å². The molecule has 0 fully saturated rings. The first-order chi connectivity index (χ1) is 4.37. The van der Waals surface area contributed by atoms with Gasteiger partial charge in [0.25, 0.3) is 0 Å². The van der Waals surface area contributed by atoms with Crippen LogP contribution in [-0.2, 0) is 0 Å². The summed E-state index contributed by atoms with van der Waals surface area (Å²) in [4.78, 5) is 2.17. The largest absolute Gasteiger partial charge is 0.307 e. The van der Waals surface area contributed by atoms with E-state index in [-0.39, 0.29) is 7.43 Å². The minimum Gasteiger partial charge on any atom is -0.307 e. The molecular weight excluding hydrogens is 134 g/mol. The van der Waals surface area contributed by atoms with Crippen molar-refractivity contribution in [3.63, 3.8) is 0 Å². The molecule has 0 amide bonds. The standard InChI is InChI=1S/C5H13N.C4H10.CH4/c1-5(2)6(3)4;1-4(2)3;/h5H,1-4H3;4H,1-3H3;1H4. The number of hydrogen-bond acceptors (Lipinski definition) is 1. The summed E-state index contributed by atoms with van der Waals surface area (Å²) in [5, 5.41) is 0. The van der Waals surface area contributed by atoms with E-state index in [0.29, 0.717) is 6.04 Å². The summed E-state index contributed by atoms with van der Waals surface area (Å²) in [7, 11) is 4.15. The summed E-state index contributed by atoms with van der Waals surface area (Å²) in [6, 6.07) is 0.685. The minimum atomic E-state index is 0. The lowest BCUT2D eigenvalue weighted by atomic mass is 10.3. The van der Waals surface area contributed by atoms with Crippen molar-refractivity contribution in [3.05, 3.63) is 0 Å². The third-order valence-electron chi connectivity index (χ3n) is 1.03. The Morgan fingerprint density at radius 3 is 0.909 bits per heavy atom. The van der Waals surface area contributed by atoms with E-state index in [2.05, 4.69) is 53.6 Å². The van der Waals surface area contributed by atoms with Crippen LogP contribution in [0.5, 0.6) is 0 Å². The third-order valence-corrected chi connectivity index (χ3v) is 1.03. The highest BCUT2D eigenvalue weighted by Crippen LogP contribution is 1.84. The topological polar surface area (TPSA) is 3.24 Å². The van der Waals surface area contributed by atoms with Crippen molar-refractivity contribution in [2.24, 2.45) is 5.92 Å². The van der Waals surface area contributed by atoms with E-state index in [4.69, 9.17) is 0 Å². The molecule has 0 aromatic carbocycles. The molecule has 0 aliphatic rings. The zero-order valence-electron chi connectivity index (χ0n) is 8.60. The lowest BCUT2D eigenvalue weighted by Crippen LogP contribution is -2.20. The Morgan fingerprint density at radius 1 is 0.818 bits per heavy atom. The fourth-order valence-corrected chi connectivity index (χ4v) is 0. The zero-order chi connectivity index (χ0) is 8.73. The van der Waals surface area contributed by atoms with Crippen LogP contribution in [0.3, 0.4) is 0 Å². The molecule has 72 valence electrons. The molecule has 0 atom stereocenters. The lowest BCUT2D eigenvalue weighted by Gasteiger charge is -2.12. The predicted octanol–water partition coefficient (Wildman–Crippen LogP) is 3.25. The van der Waals surface area contributed by atoms with Gasteiger partial charge >= 0.3 is 0 Å². The Balaban J connectivity index is -0.000000114. The Kier molecular flexibility index (Phi) is 15.5. The summed E-state index contributed by atoms with van der Waals surface area (Å²) in [5.74, 6) is 0.833. The van der Waals surface area contributed by atoms with Crippen LogP contribution in [-0.4, -0.2) is 25.0 Å². The van der Waals surface area contributed by atoms with E-state index in [9.17, 15) is 0 Å². The van der Waals surface area contributed by atoms with Crippen molar-refractivity contribution >= 4 is 0 Å². The Labute approximate surface area is 73.8 Å². The SMILES string of the molecule is C.CC(C)C.CC(C)N(C)C. The van der Waals surface area contributed by atoms with Crippen molar-refractivity contribution in [1.82, 2.24) is 4.90 Å². The van der Waals surface area contributed by atoms with E-state index in [1.54, 1.807) is 0 Å². The summed E-state index contributed by atoms with van der Waals surface area (Å²) >= 11 is 0. The highest BCUT2D eigenvalue weighted by molar-refractivity contribution is 4.46. The van der Waals surface area contributed by atoms with Gasteiger partial charge in [-0.25, -0.2) is 0 Å². The summed E-state index contributed by atoms with van der Waals surface area (Å²) < 4.78 is 0. The van der Waals surface area contributed by atoms with Gasteiger partial charge in [-0.2, -0.15) is 0 Å². The lowest BCUT2D eigenvalue weighted by molar-refractivity contribution is 0.335.